The first-order valence-corrected chi connectivity index (χ1v) is 8.82. The molecule has 124 valence electrons. The fourth-order valence-electron chi connectivity index (χ4n) is 4.48. The summed E-state index contributed by atoms with van der Waals surface area (Å²) in [6.45, 7) is 2.95. The summed E-state index contributed by atoms with van der Waals surface area (Å²) < 4.78 is 39.2. The third-order valence-electron chi connectivity index (χ3n) is 5.53. The Hall–Kier alpha value is -0.250. The summed E-state index contributed by atoms with van der Waals surface area (Å²) in [7, 11) is 0. The summed E-state index contributed by atoms with van der Waals surface area (Å²) in [4.78, 5) is 0. The molecule has 2 rings (SSSR count). The molecule has 0 aromatic carbocycles. The Morgan fingerprint density at radius 3 is 2.10 bits per heavy atom. The van der Waals surface area contributed by atoms with Gasteiger partial charge in [-0.25, -0.2) is 0 Å². The molecule has 2 fully saturated rings. The molecule has 3 atom stereocenters. The maximum Gasteiger partial charge on any atom is 0.391 e. The van der Waals surface area contributed by atoms with E-state index in [0.29, 0.717) is 24.8 Å². The molecule has 0 aromatic heterocycles. The summed E-state index contributed by atoms with van der Waals surface area (Å²) in [5.41, 5.74) is 0. The smallest absolute Gasteiger partial charge is 0.314 e. The van der Waals surface area contributed by atoms with E-state index in [1.807, 2.05) is 0 Å². The van der Waals surface area contributed by atoms with Gasteiger partial charge in [0.25, 0.3) is 0 Å². The third-order valence-corrected chi connectivity index (χ3v) is 5.53. The minimum atomic E-state index is -4.00. The fraction of sp³-hybridized carbons (Fsp3) is 1.00. The predicted molar refractivity (Wildman–Crippen MR) is 80.2 cm³/mol. The molecule has 21 heavy (non-hydrogen) atoms. The SMILES string of the molecule is CCNC(C1CCCCCC1)C1CCCC(C(F)(F)F)C1. The minimum Gasteiger partial charge on any atom is -0.314 e. The van der Waals surface area contributed by atoms with Gasteiger partial charge in [-0.15, -0.1) is 0 Å². The van der Waals surface area contributed by atoms with Gasteiger partial charge < -0.3 is 5.32 Å². The van der Waals surface area contributed by atoms with Crippen LogP contribution in [0.2, 0.25) is 0 Å². The standard InChI is InChI=1S/C17H30F3N/c1-2-21-16(13-8-5-3-4-6-9-13)14-10-7-11-15(12-14)17(18,19)20/h13-16,21H,2-12H2,1H3. The highest BCUT2D eigenvalue weighted by Gasteiger charge is 2.44. The van der Waals surface area contributed by atoms with Crippen molar-refractivity contribution in [3.05, 3.63) is 0 Å². The van der Waals surface area contributed by atoms with Crippen molar-refractivity contribution >= 4 is 0 Å². The highest BCUT2D eigenvalue weighted by Crippen LogP contribution is 2.43. The van der Waals surface area contributed by atoms with Crippen LogP contribution in [0.3, 0.4) is 0 Å². The van der Waals surface area contributed by atoms with Crippen LogP contribution in [0, 0.1) is 17.8 Å². The van der Waals surface area contributed by atoms with Gasteiger partial charge in [-0.05, 0) is 50.5 Å². The van der Waals surface area contributed by atoms with Crippen molar-refractivity contribution < 1.29 is 13.2 Å². The number of rotatable bonds is 4. The number of alkyl halides is 3. The Morgan fingerprint density at radius 1 is 0.905 bits per heavy atom. The van der Waals surface area contributed by atoms with Crippen molar-refractivity contribution in [1.29, 1.82) is 0 Å². The lowest BCUT2D eigenvalue weighted by Gasteiger charge is -2.39. The molecule has 0 bridgehead atoms. The van der Waals surface area contributed by atoms with Gasteiger partial charge in [0.2, 0.25) is 0 Å². The fourth-order valence-corrected chi connectivity index (χ4v) is 4.48. The molecule has 0 radical (unpaired) electrons. The van der Waals surface area contributed by atoms with E-state index in [1.165, 1.54) is 38.5 Å². The van der Waals surface area contributed by atoms with Crippen molar-refractivity contribution in [2.24, 2.45) is 17.8 Å². The largest absolute Gasteiger partial charge is 0.391 e. The molecule has 1 N–H and O–H groups in total. The monoisotopic (exact) mass is 305 g/mol. The number of hydrogen-bond acceptors (Lipinski definition) is 1. The number of halogens is 3. The summed E-state index contributed by atoms with van der Waals surface area (Å²) in [6.07, 6.45) is 5.89. The topological polar surface area (TPSA) is 12.0 Å². The van der Waals surface area contributed by atoms with E-state index in [9.17, 15) is 13.2 Å². The molecular formula is C17H30F3N. The average Bonchev–Trinajstić information content (AvgIpc) is 2.73. The average molecular weight is 305 g/mol. The van der Waals surface area contributed by atoms with Crippen LogP contribution < -0.4 is 5.32 Å². The quantitative estimate of drug-likeness (QED) is 0.695. The second kappa shape index (κ2) is 7.85. The van der Waals surface area contributed by atoms with Crippen LogP contribution in [0.1, 0.15) is 71.1 Å². The maximum atomic E-state index is 13.1. The van der Waals surface area contributed by atoms with Gasteiger partial charge in [-0.2, -0.15) is 13.2 Å². The van der Waals surface area contributed by atoms with E-state index >= 15 is 0 Å². The van der Waals surface area contributed by atoms with Crippen LogP contribution in [0.25, 0.3) is 0 Å². The Balaban J connectivity index is 2.02. The van der Waals surface area contributed by atoms with Crippen molar-refractivity contribution in [2.75, 3.05) is 6.54 Å². The molecule has 0 saturated heterocycles. The highest BCUT2D eigenvalue weighted by molar-refractivity contribution is 4.89. The molecular weight excluding hydrogens is 275 g/mol. The maximum absolute atomic E-state index is 13.1. The molecule has 0 spiro atoms. The van der Waals surface area contributed by atoms with Crippen LogP contribution in [0.5, 0.6) is 0 Å². The van der Waals surface area contributed by atoms with Crippen LogP contribution in [0.15, 0.2) is 0 Å². The lowest BCUT2D eigenvalue weighted by molar-refractivity contribution is -0.187. The summed E-state index contributed by atoms with van der Waals surface area (Å²) >= 11 is 0. The lowest BCUT2D eigenvalue weighted by atomic mass is 9.72. The first-order chi connectivity index (χ1) is 10.0. The highest BCUT2D eigenvalue weighted by atomic mass is 19.4. The molecule has 0 heterocycles. The Morgan fingerprint density at radius 2 is 1.52 bits per heavy atom. The van der Waals surface area contributed by atoms with Gasteiger partial charge >= 0.3 is 6.18 Å². The zero-order valence-corrected chi connectivity index (χ0v) is 13.2. The molecule has 1 nitrogen and oxygen atoms in total. The van der Waals surface area contributed by atoms with E-state index in [1.54, 1.807) is 0 Å². The van der Waals surface area contributed by atoms with Crippen molar-refractivity contribution in [1.82, 2.24) is 5.32 Å². The molecule has 0 aliphatic heterocycles. The molecule has 0 aromatic rings. The molecule has 0 amide bonds. The van der Waals surface area contributed by atoms with E-state index in [2.05, 4.69) is 12.2 Å². The van der Waals surface area contributed by atoms with Crippen LogP contribution in [-0.2, 0) is 0 Å². The Labute approximate surface area is 127 Å². The first-order valence-electron chi connectivity index (χ1n) is 8.82. The number of hydrogen-bond donors (Lipinski definition) is 1. The summed E-state index contributed by atoms with van der Waals surface area (Å²) in [6, 6.07) is 0.304. The van der Waals surface area contributed by atoms with Gasteiger partial charge in [0.15, 0.2) is 0 Å². The van der Waals surface area contributed by atoms with Gasteiger partial charge in [-0.3, -0.25) is 0 Å². The summed E-state index contributed by atoms with van der Waals surface area (Å²) in [5.74, 6) is -0.263. The van der Waals surface area contributed by atoms with Gasteiger partial charge in [0.05, 0.1) is 5.92 Å². The zero-order valence-electron chi connectivity index (χ0n) is 13.2. The van der Waals surface area contributed by atoms with Crippen LogP contribution in [0.4, 0.5) is 13.2 Å². The van der Waals surface area contributed by atoms with Gasteiger partial charge in [0.1, 0.15) is 0 Å². The second-order valence-corrected chi connectivity index (χ2v) is 7.00. The normalized spacial score (nSPS) is 30.9. The van der Waals surface area contributed by atoms with Crippen molar-refractivity contribution in [3.8, 4) is 0 Å². The van der Waals surface area contributed by atoms with Crippen LogP contribution in [-0.4, -0.2) is 18.8 Å². The Kier molecular flexibility index (Phi) is 6.39. The van der Waals surface area contributed by atoms with Gasteiger partial charge in [-0.1, -0.05) is 39.0 Å². The number of nitrogens with one attached hydrogen (secondary N) is 1. The molecule has 2 aliphatic carbocycles. The van der Waals surface area contributed by atoms with Crippen LogP contribution >= 0.6 is 0 Å². The lowest BCUT2D eigenvalue weighted by Crippen LogP contribution is -2.45. The van der Waals surface area contributed by atoms with E-state index in [-0.39, 0.29) is 5.92 Å². The summed E-state index contributed by atoms with van der Waals surface area (Å²) in [5, 5.41) is 3.55. The van der Waals surface area contributed by atoms with E-state index in [4.69, 9.17) is 0 Å². The molecule has 3 unspecified atom stereocenters. The zero-order chi connectivity index (χ0) is 15.3. The Bertz CT molecular complexity index is 295. The minimum absolute atomic E-state index is 0.216. The van der Waals surface area contributed by atoms with E-state index < -0.39 is 12.1 Å². The van der Waals surface area contributed by atoms with Crippen molar-refractivity contribution in [3.63, 3.8) is 0 Å². The van der Waals surface area contributed by atoms with Crippen molar-refractivity contribution in [2.45, 2.75) is 83.4 Å². The van der Waals surface area contributed by atoms with Gasteiger partial charge in [0, 0.05) is 6.04 Å². The molecule has 4 heteroatoms. The first kappa shape index (κ1) is 17.1. The molecule has 2 saturated carbocycles. The third kappa shape index (κ3) is 4.87. The van der Waals surface area contributed by atoms with E-state index in [0.717, 1.165) is 19.4 Å². The molecule has 2 aliphatic rings. The predicted octanol–water partition coefficient (Wildman–Crippen LogP) is 5.30. The second-order valence-electron chi connectivity index (χ2n) is 7.00.